The lowest BCUT2D eigenvalue weighted by Crippen LogP contribution is -2.53. The number of methoxy groups -OCH3 is 1. The number of pyridine rings is 1. The molecule has 0 unspecified atom stereocenters. The number of ether oxygens (including phenoxy) is 1. The maximum atomic E-state index is 12.9. The van der Waals surface area contributed by atoms with Gasteiger partial charge in [0.1, 0.15) is 5.69 Å². The lowest BCUT2D eigenvalue weighted by Gasteiger charge is -2.40. The zero-order chi connectivity index (χ0) is 17.2. The van der Waals surface area contributed by atoms with E-state index < -0.39 is 0 Å². The molecular formula is C18H22N4O2S. The number of fused-ring (bicyclic) bond motifs is 1. The van der Waals surface area contributed by atoms with Gasteiger partial charge in [0, 0.05) is 57.0 Å². The van der Waals surface area contributed by atoms with Crippen molar-refractivity contribution < 1.29 is 9.53 Å². The van der Waals surface area contributed by atoms with Gasteiger partial charge in [0.2, 0.25) is 0 Å². The van der Waals surface area contributed by atoms with Crippen LogP contribution in [0.15, 0.2) is 35.4 Å². The number of rotatable bonds is 4. The topological polar surface area (TPSA) is 58.6 Å². The number of hydrogen-bond acceptors (Lipinski definition) is 6. The average molecular weight is 358 g/mol. The molecule has 2 fully saturated rings. The van der Waals surface area contributed by atoms with E-state index in [0.29, 0.717) is 11.6 Å². The van der Waals surface area contributed by atoms with E-state index in [1.165, 1.54) is 16.9 Å². The number of aromatic nitrogens is 2. The van der Waals surface area contributed by atoms with Gasteiger partial charge in [-0.3, -0.25) is 14.7 Å². The smallest absolute Gasteiger partial charge is 0.273 e. The molecule has 0 saturated carbocycles. The minimum atomic E-state index is 0.0500. The van der Waals surface area contributed by atoms with Gasteiger partial charge in [0.05, 0.1) is 17.7 Å². The largest absolute Gasteiger partial charge is 0.381 e. The van der Waals surface area contributed by atoms with Crippen LogP contribution in [0.1, 0.15) is 22.5 Å². The van der Waals surface area contributed by atoms with Crippen LogP contribution in [0.25, 0.3) is 0 Å². The first-order valence-electron chi connectivity index (χ1n) is 8.59. The molecule has 0 bridgehead atoms. The number of thiazole rings is 1. The van der Waals surface area contributed by atoms with Gasteiger partial charge in [0.15, 0.2) is 0 Å². The van der Waals surface area contributed by atoms with Gasteiger partial charge in [-0.05, 0) is 18.1 Å². The highest BCUT2D eigenvalue weighted by Gasteiger charge is 2.46. The first-order chi connectivity index (χ1) is 12.3. The second kappa shape index (κ2) is 7.19. The van der Waals surface area contributed by atoms with Gasteiger partial charge in [-0.15, -0.1) is 11.3 Å². The van der Waals surface area contributed by atoms with Crippen molar-refractivity contribution in [2.75, 3.05) is 26.7 Å². The van der Waals surface area contributed by atoms with Crippen LogP contribution < -0.4 is 0 Å². The fourth-order valence-corrected chi connectivity index (χ4v) is 4.65. The summed E-state index contributed by atoms with van der Waals surface area (Å²) in [5.41, 5.74) is 3.48. The second-order valence-electron chi connectivity index (χ2n) is 6.72. The first kappa shape index (κ1) is 16.6. The van der Waals surface area contributed by atoms with Gasteiger partial charge in [-0.1, -0.05) is 6.07 Å². The van der Waals surface area contributed by atoms with Gasteiger partial charge < -0.3 is 9.64 Å². The van der Waals surface area contributed by atoms with Gasteiger partial charge >= 0.3 is 0 Å². The fraction of sp³-hybridized carbons (Fsp3) is 0.500. The van der Waals surface area contributed by atoms with Crippen molar-refractivity contribution in [3.63, 3.8) is 0 Å². The van der Waals surface area contributed by atoms with Crippen LogP contribution in [0.2, 0.25) is 0 Å². The van der Waals surface area contributed by atoms with Crippen molar-refractivity contribution in [1.82, 2.24) is 19.8 Å². The molecule has 0 spiro atoms. The highest BCUT2D eigenvalue weighted by atomic mass is 32.1. The van der Waals surface area contributed by atoms with Crippen LogP contribution in [-0.2, 0) is 11.3 Å². The molecule has 0 aromatic carbocycles. The molecule has 0 radical (unpaired) electrons. The predicted molar refractivity (Wildman–Crippen MR) is 95.4 cm³/mol. The summed E-state index contributed by atoms with van der Waals surface area (Å²) in [4.78, 5) is 25.7. The Hall–Kier alpha value is -1.83. The summed E-state index contributed by atoms with van der Waals surface area (Å²) in [6, 6.07) is 4.25. The number of nitrogens with zero attached hydrogens (tertiary/aromatic N) is 4. The maximum Gasteiger partial charge on any atom is 0.273 e. The third-order valence-corrected chi connectivity index (χ3v) is 5.87. The number of hydrogen-bond donors (Lipinski definition) is 0. The third-order valence-electron chi connectivity index (χ3n) is 5.28. The van der Waals surface area contributed by atoms with Crippen LogP contribution in [0, 0.1) is 5.92 Å². The second-order valence-corrected chi connectivity index (χ2v) is 7.44. The number of carbonyl (C=O) groups excluding carboxylic acids is 1. The van der Waals surface area contributed by atoms with Crippen LogP contribution in [0.4, 0.5) is 0 Å². The van der Waals surface area contributed by atoms with Crippen molar-refractivity contribution in [3.05, 3.63) is 46.7 Å². The molecule has 3 atom stereocenters. The van der Waals surface area contributed by atoms with Gasteiger partial charge in [0.25, 0.3) is 5.91 Å². The van der Waals surface area contributed by atoms with E-state index in [9.17, 15) is 4.79 Å². The lowest BCUT2D eigenvalue weighted by atomic mass is 9.89. The van der Waals surface area contributed by atoms with E-state index in [-0.39, 0.29) is 18.1 Å². The summed E-state index contributed by atoms with van der Waals surface area (Å²) in [6.07, 6.45) is 4.80. The average Bonchev–Trinajstić information content (AvgIpc) is 3.31. The zero-order valence-electron chi connectivity index (χ0n) is 14.2. The summed E-state index contributed by atoms with van der Waals surface area (Å²) in [7, 11) is 1.78. The van der Waals surface area contributed by atoms with Gasteiger partial charge in [-0.25, -0.2) is 4.98 Å². The van der Waals surface area contributed by atoms with Crippen LogP contribution in [-0.4, -0.2) is 64.6 Å². The molecule has 132 valence electrons. The van der Waals surface area contributed by atoms with Crippen molar-refractivity contribution in [1.29, 1.82) is 0 Å². The molecule has 7 heteroatoms. The van der Waals surface area contributed by atoms with Crippen molar-refractivity contribution >= 4 is 17.2 Å². The minimum absolute atomic E-state index is 0.0500. The normalized spacial score (nSPS) is 26.6. The Morgan fingerprint density at radius 1 is 1.44 bits per heavy atom. The molecule has 1 amide bonds. The molecule has 0 aliphatic carbocycles. The Morgan fingerprint density at radius 2 is 2.36 bits per heavy atom. The number of piperidine rings is 1. The molecule has 2 aromatic rings. The zero-order valence-corrected chi connectivity index (χ0v) is 15.1. The Labute approximate surface area is 151 Å². The SMILES string of the molecule is CO[C@@H]1CCN(C(=O)c2cscn2)[C@@H]2CN(Cc3cccnc3)C[C@@H]21. The molecular weight excluding hydrogens is 336 g/mol. The van der Waals surface area contributed by atoms with Crippen LogP contribution in [0.3, 0.4) is 0 Å². The molecule has 4 rings (SSSR count). The Balaban J connectivity index is 1.52. The summed E-state index contributed by atoms with van der Waals surface area (Å²) in [6.45, 7) is 3.40. The fourth-order valence-electron chi connectivity index (χ4n) is 4.12. The van der Waals surface area contributed by atoms with E-state index in [0.717, 1.165) is 32.6 Å². The number of amides is 1. The molecule has 2 aliphatic heterocycles. The third kappa shape index (κ3) is 3.31. The van der Waals surface area contributed by atoms with E-state index in [1.54, 1.807) is 18.8 Å². The van der Waals surface area contributed by atoms with Crippen LogP contribution >= 0.6 is 11.3 Å². The predicted octanol–water partition coefficient (Wildman–Crippen LogP) is 1.90. The highest BCUT2D eigenvalue weighted by Crippen LogP contribution is 2.34. The molecule has 2 aromatic heterocycles. The lowest BCUT2D eigenvalue weighted by molar-refractivity contribution is -0.0158. The van der Waals surface area contributed by atoms with Crippen molar-refractivity contribution in [2.45, 2.75) is 25.1 Å². The molecule has 4 heterocycles. The molecule has 6 nitrogen and oxygen atoms in total. The summed E-state index contributed by atoms with van der Waals surface area (Å²) in [5, 5.41) is 1.84. The Bertz CT molecular complexity index is 709. The summed E-state index contributed by atoms with van der Waals surface area (Å²) >= 11 is 1.46. The van der Waals surface area contributed by atoms with E-state index >= 15 is 0 Å². The molecule has 25 heavy (non-hydrogen) atoms. The summed E-state index contributed by atoms with van der Waals surface area (Å²) < 4.78 is 5.73. The highest BCUT2D eigenvalue weighted by molar-refractivity contribution is 7.07. The van der Waals surface area contributed by atoms with Gasteiger partial charge in [-0.2, -0.15) is 0 Å². The van der Waals surface area contributed by atoms with Crippen molar-refractivity contribution in [3.8, 4) is 0 Å². The maximum absolute atomic E-state index is 12.9. The minimum Gasteiger partial charge on any atom is -0.381 e. The molecule has 2 aliphatic rings. The van der Waals surface area contributed by atoms with E-state index in [2.05, 4.69) is 20.9 Å². The summed E-state index contributed by atoms with van der Waals surface area (Å²) in [5.74, 6) is 0.395. The van der Waals surface area contributed by atoms with Crippen LogP contribution in [0.5, 0.6) is 0 Å². The Kier molecular flexibility index (Phi) is 4.78. The monoisotopic (exact) mass is 358 g/mol. The Morgan fingerprint density at radius 3 is 3.08 bits per heavy atom. The quantitative estimate of drug-likeness (QED) is 0.835. The number of carbonyl (C=O) groups is 1. The molecule has 0 N–H and O–H groups in total. The van der Waals surface area contributed by atoms with E-state index in [4.69, 9.17) is 4.74 Å². The molecule has 2 saturated heterocycles. The first-order valence-corrected chi connectivity index (χ1v) is 9.53. The van der Waals surface area contributed by atoms with E-state index in [1.807, 2.05) is 22.5 Å². The number of likely N-dealkylation sites (tertiary alicyclic amines) is 2. The van der Waals surface area contributed by atoms with Crippen molar-refractivity contribution in [2.24, 2.45) is 5.92 Å². The standard InChI is InChI=1S/C18H22N4O2S/c1-24-17-4-6-22(18(23)15-11-25-12-20-15)16-10-21(9-14(16)17)8-13-3-2-5-19-7-13/h2-3,5,7,11-12,14,16-17H,4,6,8-10H2,1H3/t14-,16+,17+/m0/s1.